The molecule has 0 aromatic carbocycles. The first-order valence-electron chi connectivity index (χ1n) is 7.22. The van der Waals surface area contributed by atoms with Gasteiger partial charge in [0.1, 0.15) is 5.54 Å². The van der Waals surface area contributed by atoms with E-state index in [2.05, 4.69) is 4.72 Å². The van der Waals surface area contributed by atoms with Crippen LogP contribution in [-0.4, -0.2) is 43.5 Å². The van der Waals surface area contributed by atoms with Crippen LogP contribution in [0.4, 0.5) is 0 Å². The Morgan fingerprint density at radius 2 is 1.90 bits per heavy atom. The van der Waals surface area contributed by atoms with Gasteiger partial charge in [0.2, 0.25) is 10.0 Å². The lowest BCUT2D eigenvalue weighted by Crippen LogP contribution is -2.61. The van der Waals surface area contributed by atoms with E-state index in [4.69, 9.17) is 4.74 Å². The van der Waals surface area contributed by atoms with E-state index in [1.165, 1.54) is 0 Å². The van der Waals surface area contributed by atoms with Crippen molar-refractivity contribution in [2.24, 2.45) is 5.92 Å². The molecule has 2 aliphatic rings. The molecule has 1 aliphatic carbocycles. The second-order valence-corrected chi connectivity index (χ2v) is 7.84. The van der Waals surface area contributed by atoms with E-state index in [1.54, 1.807) is 0 Å². The number of sulfonamides is 1. The summed E-state index contributed by atoms with van der Waals surface area (Å²) in [5.74, 6) is -1.25. The predicted molar refractivity (Wildman–Crippen MR) is 73.9 cm³/mol. The first kappa shape index (κ1) is 15.7. The minimum atomic E-state index is -3.63. The Hall–Kier alpha value is -0.660. The number of nitrogens with one attached hydrogen (secondary N) is 1. The fraction of sp³-hybridized carbons (Fsp3) is 0.923. The Bertz CT molecular complexity index is 457. The van der Waals surface area contributed by atoms with Crippen LogP contribution >= 0.6 is 0 Å². The molecule has 2 rings (SSSR count). The van der Waals surface area contributed by atoms with E-state index in [9.17, 15) is 18.3 Å². The van der Waals surface area contributed by atoms with Crippen LogP contribution in [0.1, 0.15) is 45.4 Å². The van der Waals surface area contributed by atoms with Crippen molar-refractivity contribution in [1.82, 2.24) is 4.72 Å². The molecule has 2 unspecified atom stereocenters. The fourth-order valence-corrected chi connectivity index (χ4v) is 5.06. The minimum Gasteiger partial charge on any atom is -0.480 e. The van der Waals surface area contributed by atoms with E-state index >= 15 is 0 Å². The van der Waals surface area contributed by atoms with Gasteiger partial charge < -0.3 is 9.84 Å². The van der Waals surface area contributed by atoms with Crippen molar-refractivity contribution in [1.29, 1.82) is 0 Å². The molecule has 1 heterocycles. The van der Waals surface area contributed by atoms with Gasteiger partial charge in [0.15, 0.2) is 0 Å². The molecule has 1 aliphatic heterocycles. The molecule has 1 saturated heterocycles. The van der Waals surface area contributed by atoms with Crippen molar-refractivity contribution in [3.63, 3.8) is 0 Å². The van der Waals surface area contributed by atoms with Crippen LogP contribution in [0.3, 0.4) is 0 Å². The number of carboxylic acid groups (broad SMARTS) is 1. The molecular weight excluding hydrogens is 282 g/mol. The van der Waals surface area contributed by atoms with E-state index in [-0.39, 0.29) is 5.92 Å². The van der Waals surface area contributed by atoms with Gasteiger partial charge >= 0.3 is 5.97 Å². The Balaban J connectivity index is 2.21. The first-order valence-corrected chi connectivity index (χ1v) is 8.77. The van der Waals surface area contributed by atoms with Crippen LogP contribution in [0.15, 0.2) is 0 Å². The van der Waals surface area contributed by atoms with Gasteiger partial charge in [-0.05, 0) is 31.6 Å². The molecular formula is C13H23NO5S. The smallest absolute Gasteiger partial charge is 0.325 e. The largest absolute Gasteiger partial charge is 0.480 e. The van der Waals surface area contributed by atoms with Crippen molar-refractivity contribution in [3.05, 3.63) is 0 Å². The lowest BCUT2D eigenvalue weighted by molar-refractivity contribution is -0.147. The normalized spacial score (nSPS) is 33.0. The van der Waals surface area contributed by atoms with Crippen molar-refractivity contribution >= 4 is 16.0 Å². The summed E-state index contributed by atoms with van der Waals surface area (Å²) in [4.78, 5) is 11.7. The first-order chi connectivity index (χ1) is 9.38. The monoisotopic (exact) mass is 305 g/mol. The predicted octanol–water partition coefficient (Wildman–Crippen LogP) is 1.12. The fourth-order valence-electron chi connectivity index (χ4n) is 3.18. The summed E-state index contributed by atoms with van der Waals surface area (Å²) in [6.07, 6.45) is 3.66. The third-order valence-corrected chi connectivity index (χ3v) is 6.61. The lowest BCUT2D eigenvalue weighted by Gasteiger charge is -2.40. The minimum absolute atomic E-state index is 0.191. The van der Waals surface area contributed by atoms with Gasteiger partial charge in [0.05, 0.1) is 5.25 Å². The molecule has 116 valence electrons. The molecule has 0 amide bonds. The van der Waals surface area contributed by atoms with Crippen LogP contribution in [0.2, 0.25) is 0 Å². The SMILES string of the molecule is CC1CCCCC1(NS(=O)(=O)C1CCOCC1)C(=O)O. The van der Waals surface area contributed by atoms with Crippen LogP contribution in [-0.2, 0) is 19.6 Å². The average molecular weight is 305 g/mol. The van der Waals surface area contributed by atoms with Crippen molar-refractivity contribution in [2.75, 3.05) is 13.2 Å². The van der Waals surface area contributed by atoms with E-state index in [0.717, 1.165) is 19.3 Å². The summed E-state index contributed by atoms with van der Waals surface area (Å²) >= 11 is 0. The van der Waals surface area contributed by atoms with E-state index < -0.39 is 26.8 Å². The summed E-state index contributed by atoms with van der Waals surface area (Å²) < 4.78 is 32.7. The highest BCUT2D eigenvalue weighted by Crippen LogP contribution is 2.35. The van der Waals surface area contributed by atoms with Gasteiger partial charge in [-0.1, -0.05) is 19.8 Å². The number of carbonyl (C=O) groups is 1. The molecule has 0 aromatic rings. The Morgan fingerprint density at radius 1 is 1.25 bits per heavy atom. The number of hydrogen-bond acceptors (Lipinski definition) is 4. The molecule has 1 saturated carbocycles. The number of carboxylic acids is 1. The zero-order chi connectivity index (χ0) is 14.8. The molecule has 2 atom stereocenters. The Labute approximate surface area is 119 Å². The maximum atomic E-state index is 12.5. The Morgan fingerprint density at radius 3 is 2.45 bits per heavy atom. The van der Waals surface area contributed by atoms with Crippen LogP contribution in [0.5, 0.6) is 0 Å². The molecule has 20 heavy (non-hydrogen) atoms. The van der Waals surface area contributed by atoms with Crippen molar-refractivity contribution in [3.8, 4) is 0 Å². The third kappa shape index (κ3) is 2.99. The van der Waals surface area contributed by atoms with Gasteiger partial charge in [-0.25, -0.2) is 8.42 Å². The lowest BCUT2D eigenvalue weighted by atomic mass is 9.74. The molecule has 0 spiro atoms. The molecule has 0 aromatic heterocycles. The average Bonchev–Trinajstić information content (AvgIpc) is 2.42. The van der Waals surface area contributed by atoms with Gasteiger partial charge in [0, 0.05) is 13.2 Å². The quantitative estimate of drug-likeness (QED) is 0.812. The number of rotatable bonds is 4. The standard InChI is InChI=1S/C13H23NO5S/c1-10-4-2-3-7-13(10,12(15)16)14-20(17,18)11-5-8-19-9-6-11/h10-11,14H,2-9H2,1H3,(H,15,16). The topological polar surface area (TPSA) is 92.7 Å². The molecule has 2 fully saturated rings. The molecule has 0 radical (unpaired) electrons. The van der Waals surface area contributed by atoms with Gasteiger partial charge in [-0.15, -0.1) is 0 Å². The van der Waals surface area contributed by atoms with Crippen LogP contribution in [0.25, 0.3) is 0 Å². The number of hydrogen-bond donors (Lipinski definition) is 2. The second-order valence-electron chi connectivity index (χ2n) is 5.88. The zero-order valence-electron chi connectivity index (χ0n) is 11.8. The Kier molecular flexibility index (Phi) is 4.71. The molecule has 2 N–H and O–H groups in total. The summed E-state index contributed by atoms with van der Waals surface area (Å²) in [6.45, 7) is 2.65. The van der Waals surface area contributed by atoms with Gasteiger partial charge in [-0.2, -0.15) is 4.72 Å². The number of ether oxygens (including phenoxy) is 1. The van der Waals surface area contributed by atoms with Gasteiger partial charge in [-0.3, -0.25) is 4.79 Å². The van der Waals surface area contributed by atoms with Crippen molar-refractivity contribution in [2.45, 2.75) is 56.2 Å². The highest BCUT2D eigenvalue weighted by atomic mass is 32.2. The van der Waals surface area contributed by atoms with Crippen molar-refractivity contribution < 1.29 is 23.1 Å². The van der Waals surface area contributed by atoms with E-state index in [0.29, 0.717) is 32.5 Å². The summed E-state index contributed by atoms with van der Waals surface area (Å²) in [6, 6.07) is 0. The highest BCUT2D eigenvalue weighted by Gasteiger charge is 2.49. The summed E-state index contributed by atoms with van der Waals surface area (Å²) in [7, 11) is -3.63. The third-order valence-electron chi connectivity index (χ3n) is 4.61. The molecule has 0 bridgehead atoms. The highest BCUT2D eigenvalue weighted by molar-refractivity contribution is 7.90. The summed E-state index contributed by atoms with van der Waals surface area (Å²) in [5.41, 5.74) is -1.34. The molecule has 6 nitrogen and oxygen atoms in total. The number of aliphatic carboxylic acids is 1. The summed E-state index contributed by atoms with van der Waals surface area (Å²) in [5, 5.41) is 9.03. The maximum absolute atomic E-state index is 12.5. The maximum Gasteiger partial charge on any atom is 0.325 e. The van der Waals surface area contributed by atoms with Crippen LogP contribution in [0, 0.1) is 5.92 Å². The second kappa shape index (κ2) is 5.99. The van der Waals surface area contributed by atoms with Gasteiger partial charge in [0.25, 0.3) is 0 Å². The van der Waals surface area contributed by atoms with Crippen LogP contribution < -0.4 is 4.72 Å². The van der Waals surface area contributed by atoms with E-state index in [1.807, 2.05) is 6.92 Å². The zero-order valence-corrected chi connectivity index (χ0v) is 12.6. The molecule has 7 heteroatoms.